The van der Waals surface area contributed by atoms with Crippen LogP contribution < -0.4 is 25.9 Å². The first-order chi connectivity index (χ1) is 17.4. The maximum atomic E-state index is 12.3. The second-order valence-corrected chi connectivity index (χ2v) is 8.19. The van der Waals surface area contributed by atoms with Crippen LogP contribution in [0.25, 0.3) is 10.9 Å². The summed E-state index contributed by atoms with van der Waals surface area (Å²) in [5, 5.41) is 17.3. The van der Waals surface area contributed by atoms with Gasteiger partial charge in [-0.15, -0.1) is 0 Å². The molecule has 0 aliphatic heterocycles. The first kappa shape index (κ1) is 24.8. The van der Waals surface area contributed by atoms with Crippen LogP contribution >= 0.6 is 0 Å². The summed E-state index contributed by atoms with van der Waals surface area (Å²) < 4.78 is 5.31. The molecule has 0 amide bonds. The molecule has 1 heterocycles. The second kappa shape index (κ2) is 10.5. The van der Waals surface area contributed by atoms with E-state index in [-0.39, 0.29) is 12.1 Å². The summed E-state index contributed by atoms with van der Waals surface area (Å²) in [5.41, 5.74) is 1.12. The molecule has 0 spiro atoms. The minimum Gasteiger partial charge on any atom is -0.497 e. The number of nitrogens with zero attached hydrogens (tertiary/aromatic N) is 4. The standard InChI is InChI=1S/C26H27N5O5/c1-4-30(5-2)31(21-14-23(32)24(21)33)22(26(34)35)12-16-6-8-17(9-7-16)29-25-19-13-18(36-3)10-11-20(19)27-15-28-25/h6-11,13-15,22H,4-5,12H2,1-3H3,(H,34,35)(H,27,28,29). The van der Waals surface area contributed by atoms with Gasteiger partial charge in [-0.25, -0.2) is 19.8 Å². The van der Waals surface area contributed by atoms with Gasteiger partial charge in [0.1, 0.15) is 29.6 Å². The molecule has 4 aromatic rings. The van der Waals surface area contributed by atoms with Gasteiger partial charge in [-0.3, -0.25) is 14.6 Å². The number of benzene rings is 2. The van der Waals surface area contributed by atoms with Crippen LogP contribution in [-0.4, -0.2) is 52.3 Å². The predicted octanol–water partition coefficient (Wildman–Crippen LogP) is 2.74. The third-order valence-electron chi connectivity index (χ3n) is 6.07. The summed E-state index contributed by atoms with van der Waals surface area (Å²) in [6.07, 6.45) is 1.62. The fourth-order valence-electron chi connectivity index (χ4n) is 4.14. The van der Waals surface area contributed by atoms with Crippen LogP contribution in [0, 0.1) is 0 Å². The smallest absolute Gasteiger partial charge is 0.328 e. The Kier molecular flexibility index (Phi) is 7.25. The number of aromatic nitrogens is 2. The van der Waals surface area contributed by atoms with E-state index in [0.717, 1.165) is 22.2 Å². The largest absolute Gasteiger partial charge is 0.497 e. The van der Waals surface area contributed by atoms with Crippen LogP contribution in [0.3, 0.4) is 0 Å². The van der Waals surface area contributed by atoms with Gasteiger partial charge in [0, 0.05) is 36.7 Å². The number of methoxy groups -OCH3 is 1. The summed E-state index contributed by atoms with van der Waals surface area (Å²) in [7, 11) is 1.60. The summed E-state index contributed by atoms with van der Waals surface area (Å²) >= 11 is 0. The minimum absolute atomic E-state index is 0.112. The molecule has 2 N–H and O–H groups in total. The number of ether oxygens (including phenoxy) is 1. The highest BCUT2D eigenvalue weighted by Gasteiger charge is 2.33. The molecular formula is C26H27N5O5. The average molecular weight is 490 g/mol. The van der Waals surface area contributed by atoms with Crippen LogP contribution in [0.4, 0.5) is 17.2 Å². The van der Waals surface area contributed by atoms with Crippen molar-refractivity contribution in [2.45, 2.75) is 26.3 Å². The number of carboxylic acids is 1. The van der Waals surface area contributed by atoms with Crippen molar-refractivity contribution in [3.8, 4) is 5.75 Å². The Balaban J connectivity index is 1.58. The van der Waals surface area contributed by atoms with E-state index < -0.39 is 22.9 Å². The van der Waals surface area contributed by atoms with Gasteiger partial charge in [-0.2, -0.15) is 0 Å². The highest BCUT2D eigenvalue weighted by atomic mass is 16.5. The first-order valence-corrected chi connectivity index (χ1v) is 11.6. The fraction of sp³-hybridized carbons (Fsp3) is 0.269. The van der Waals surface area contributed by atoms with Gasteiger partial charge in [0.05, 0.1) is 12.6 Å². The van der Waals surface area contributed by atoms with Gasteiger partial charge in [0.15, 0.2) is 0 Å². The van der Waals surface area contributed by atoms with Gasteiger partial charge in [-0.1, -0.05) is 26.0 Å². The third-order valence-corrected chi connectivity index (χ3v) is 6.07. The Labute approximate surface area is 207 Å². The summed E-state index contributed by atoms with van der Waals surface area (Å²) in [5.74, 6) is 0.219. The molecule has 0 saturated heterocycles. The number of hydrogen-bond acceptors (Lipinski definition) is 9. The number of nitrogens with one attached hydrogen (secondary N) is 1. The SMILES string of the molecule is CCN(CC)N(c1cc(=O)c1=O)C(Cc1ccc(Nc2ncnc3ccc(OC)cc23)cc1)C(=O)O. The lowest BCUT2D eigenvalue weighted by Crippen LogP contribution is -2.57. The first-order valence-electron chi connectivity index (χ1n) is 11.6. The lowest BCUT2D eigenvalue weighted by atomic mass is 10.0. The van der Waals surface area contributed by atoms with E-state index in [2.05, 4.69) is 15.3 Å². The molecule has 10 nitrogen and oxygen atoms in total. The molecule has 4 rings (SSSR count). The van der Waals surface area contributed by atoms with Crippen molar-refractivity contribution < 1.29 is 14.6 Å². The van der Waals surface area contributed by atoms with Crippen molar-refractivity contribution in [2.24, 2.45) is 0 Å². The van der Waals surface area contributed by atoms with Crippen molar-refractivity contribution in [3.05, 3.63) is 80.9 Å². The lowest BCUT2D eigenvalue weighted by molar-refractivity contribution is -0.139. The number of rotatable bonds is 11. The molecule has 3 aromatic carbocycles. The monoisotopic (exact) mass is 489 g/mol. The Hall–Kier alpha value is -4.31. The molecule has 1 atom stereocenters. The number of carboxylic acid groups (broad SMARTS) is 1. The number of fused-ring (bicyclic) bond motifs is 1. The number of hydrogen-bond donors (Lipinski definition) is 2. The molecule has 0 saturated carbocycles. The van der Waals surface area contributed by atoms with Gasteiger partial charge in [0.25, 0.3) is 0 Å². The predicted molar refractivity (Wildman–Crippen MR) is 138 cm³/mol. The average Bonchev–Trinajstić information content (AvgIpc) is 2.90. The number of anilines is 3. The lowest BCUT2D eigenvalue weighted by Gasteiger charge is -2.39. The molecule has 0 aliphatic rings. The molecule has 0 fully saturated rings. The van der Waals surface area contributed by atoms with Crippen molar-refractivity contribution in [1.82, 2.24) is 15.0 Å². The molecule has 0 aliphatic carbocycles. The molecule has 10 heteroatoms. The van der Waals surface area contributed by atoms with Crippen LogP contribution in [0.5, 0.6) is 5.75 Å². The van der Waals surface area contributed by atoms with E-state index in [1.807, 2.05) is 56.3 Å². The van der Waals surface area contributed by atoms with Crippen LogP contribution in [0.15, 0.2) is 64.4 Å². The topological polar surface area (TPSA) is 125 Å². The summed E-state index contributed by atoms with van der Waals surface area (Å²) in [4.78, 5) is 44.6. The molecule has 0 bridgehead atoms. The molecular weight excluding hydrogens is 462 g/mol. The Morgan fingerprint density at radius 2 is 1.78 bits per heavy atom. The Morgan fingerprint density at radius 1 is 1.06 bits per heavy atom. The third kappa shape index (κ3) is 4.89. The zero-order valence-electron chi connectivity index (χ0n) is 20.3. The van der Waals surface area contributed by atoms with Gasteiger partial charge >= 0.3 is 5.97 Å². The zero-order valence-corrected chi connectivity index (χ0v) is 20.3. The fourth-order valence-corrected chi connectivity index (χ4v) is 4.14. The van der Waals surface area contributed by atoms with Crippen LogP contribution in [0.1, 0.15) is 19.4 Å². The van der Waals surface area contributed by atoms with E-state index in [9.17, 15) is 19.5 Å². The molecule has 186 valence electrons. The Bertz CT molecular complexity index is 1440. The number of carbonyl (C=O) groups is 1. The molecule has 1 unspecified atom stereocenters. The van der Waals surface area contributed by atoms with Gasteiger partial charge < -0.3 is 15.2 Å². The maximum absolute atomic E-state index is 12.3. The summed E-state index contributed by atoms with van der Waals surface area (Å²) in [6, 6.07) is 13.0. The van der Waals surface area contributed by atoms with E-state index in [0.29, 0.717) is 24.7 Å². The molecule has 1 aromatic heterocycles. The normalized spacial score (nSPS) is 12.1. The van der Waals surface area contributed by atoms with Crippen molar-refractivity contribution >= 4 is 34.1 Å². The number of hydrazine groups is 1. The minimum atomic E-state index is -1.08. The molecule has 0 radical (unpaired) electrons. The van der Waals surface area contributed by atoms with E-state index >= 15 is 0 Å². The highest BCUT2D eigenvalue weighted by molar-refractivity contribution is 5.91. The van der Waals surface area contributed by atoms with Crippen molar-refractivity contribution in [2.75, 3.05) is 30.5 Å². The van der Waals surface area contributed by atoms with E-state index in [1.165, 1.54) is 17.4 Å². The van der Waals surface area contributed by atoms with Crippen molar-refractivity contribution in [3.63, 3.8) is 0 Å². The van der Waals surface area contributed by atoms with Crippen LogP contribution in [0.2, 0.25) is 0 Å². The molecule has 36 heavy (non-hydrogen) atoms. The van der Waals surface area contributed by atoms with Crippen molar-refractivity contribution in [1.29, 1.82) is 0 Å². The maximum Gasteiger partial charge on any atom is 0.328 e. The number of aliphatic carboxylic acids is 1. The van der Waals surface area contributed by atoms with Crippen LogP contribution in [-0.2, 0) is 11.2 Å². The second-order valence-electron chi connectivity index (χ2n) is 8.19. The Morgan fingerprint density at radius 3 is 2.36 bits per heavy atom. The van der Waals surface area contributed by atoms with E-state index in [4.69, 9.17) is 4.74 Å². The quantitative estimate of drug-likeness (QED) is 0.240. The van der Waals surface area contributed by atoms with Gasteiger partial charge in [0.2, 0.25) is 10.9 Å². The van der Waals surface area contributed by atoms with E-state index in [1.54, 1.807) is 12.1 Å². The zero-order chi connectivity index (χ0) is 25.8. The van der Waals surface area contributed by atoms with Gasteiger partial charge in [-0.05, 0) is 35.9 Å². The highest BCUT2D eigenvalue weighted by Crippen LogP contribution is 2.27. The summed E-state index contributed by atoms with van der Waals surface area (Å²) in [6.45, 7) is 4.71.